The second-order valence-electron chi connectivity index (χ2n) is 7.43. The largest absolute Gasteiger partial charge is 0.468 e. The number of hydrogen-bond acceptors (Lipinski definition) is 3. The minimum atomic E-state index is -4.32. The third-order valence-electron chi connectivity index (χ3n) is 5.27. The molecule has 1 unspecified atom stereocenters. The molecule has 1 N–H and O–H groups in total. The molecule has 1 aromatic heterocycles. The Balaban J connectivity index is 0.000000401. The van der Waals surface area contributed by atoms with E-state index >= 15 is 0 Å². The predicted molar refractivity (Wildman–Crippen MR) is 115 cm³/mol. The normalized spacial score (nSPS) is 16.4. The summed E-state index contributed by atoms with van der Waals surface area (Å²) in [4.78, 5) is 14.9. The van der Waals surface area contributed by atoms with E-state index in [-0.39, 0.29) is 6.04 Å². The number of fused-ring (bicyclic) bond motifs is 3. The summed E-state index contributed by atoms with van der Waals surface area (Å²) in [5, 5.41) is 1.77. The highest BCUT2D eigenvalue weighted by molar-refractivity contribution is 6.31. The van der Waals surface area contributed by atoms with Crippen molar-refractivity contribution in [2.45, 2.75) is 32.0 Å². The number of carbonyl (C=O) groups is 1. The molecule has 31 heavy (non-hydrogen) atoms. The summed E-state index contributed by atoms with van der Waals surface area (Å²) >= 11 is 6.13. The Morgan fingerprint density at radius 1 is 1.23 bits per heavy atom. The lowest BCUT2D eigenvalue weighted by Crippen LogP contribution is -2.32. The number of rotatable bonds is 4. The number of benzene rings is 2. The van der Waals surface area contributed by atoms with E-state index in [1.807, 2.05) is 32.2 Å². The van der Waals surface area contributed by atoms with Gasteiger partial charge in [-0.1, -0.05) is 30.7 Å². The fourth-order valence-corrected chi connectivity index (χ4v) is 3.99. The van der Waals surface area contributed by atoms with E-state index in [1.54, 1.807) is 12.1 Å². The van der Waals surface area contributed by atoms with Gasteiger partial charge in [-0.15, -0.1) is 0 Å². The molecular weight excluding hydrogens is 429 g/mol. The highest BCUT2D eigenvalue weighted by Gasteiger charge is 2.32. The zero-order valence-electron chi connectivity index (χ0n) is 17.3. The fourth-order valence-electron chi connectivity index (χ4n) is 3.82. The van der Waals surface area contributed by atoms with E-state index < -0.39 is 11.7 Å². The van der Waals surface area contributed by atoms with Gasteiger partial charge in [-0.05, 0) is 61.3 Å². The average molecular weight is 453 g/mol. The molecule has 0 spiro atoms. The number of H-pyrrole nitrogens is 1. The van der Waals surface area contributed by atoms with Crippen molar-refractivity contribution < 1.29 is 22.7 Å². The summed E-state index contributed by atoms with van der Waals surface area (Å²) in [7, 11) is 1.99. The Labute approximate surface area is 183 Å². The molecule has 166 valence electrons. The second kappa shape index (κ2) is 9.75. The number of nitrogens with one attached hydrogen (secondary N) is 1. The molecule has 0 bridgehead atoms. The first-order chi connectivity index (χ1) is 14.8. The molecule has 1 atom stereocenters. The van der Waals surface area contributed by atoms with Crippen LogP contribution in [0.25, 0.3) is 10.9 Å². The van der Waals surface area contributed by atoms with Crippen molar-refractivity contribution in [2.75, 3.05) is 20.2 Å². The Hall–Kier alpha value is -2.51. The van der Waals surface area contributed by atoms with Crippen LogP contribution in [0.5, 0.6) is 0 Å². The number of hydrogen-bond donors (Lipinski definition) is 1. The number of aromatic nitrogens is 1. The lowest BCUT2D eigenvalue weighted by Gasteiger charge is -2.33. The number of nitrogens with zero attached hydrogens (tertiary/aromatic N) is 1. The molecule has 3 aromatic rings. The van der Waals surface area contributed by atoms with Crippen molar-refractivity contribution in [1.29, 1.82) is 0 Å². The van der Waals surface area contributed by atoms with Crippen molar-refractivity contribution in [3.05, 3.63) is 69.9 Å². The van der Waals surface area contributed by atoms with Gasteiger partial charge in [0.15, 0.2) is 0 Å². The van der Waals surface area contributed by atoms with E-state index in [1.165, 1.54) is 5.56 Å². The first kappa shape index (κ1) is 23.2. The van der Waals surface area contributed by atoms with E-state index in [2.05, 4.69) is 14.6 Å². The van der Waals surface area contributed by atoms with Crippen LogP contribution in [-0.4, -0.2) is 36.6 Å². The number of carbonyl (C=O) groups excluding carboxylic acids is 1. The van der Waals surface area contributed by atoms with Crippen LogP contribution in [0.2, 0.25) is 5.02 Å². The molecular formula is C23H24ClF3N2O2. The van der Waals surface area contributed by atoms with Crippen LogP contribution in [0.4, 0.5) is 13.2 Å². The minimum Gasteiger partial charge on any atom is -0.468 e. The third kappa shape index (κ3) is 5.22. The Morgan fingerprint density at radius 2 is 1.94 bits per heavy atom. The minimum absolute atomic E-state index is 0.0998. The molecule has 1 aliphatic heterocycles. The lowest BCUT2D eigenvalue weighted by molar-refractivity contribution is -0.137. The molecule has 2 aromatic carbocycles. The van der Waals surface area contributed by atoms with Gasteiger partial charge in [0.1, 0.15) is 0 Å². The monoisotopic (exact) mass is 452 g/mol. The molecule has 0 radical (unpaired) electrons. The molecule has 0 saturated heterocycles. The van der Waals surface area contributed by atoms with Gasteiger partial charge in [-0.2, -0.15) is 13.2 Å². The Bertz CT molecular complexity index is 1030. The van der Waals surface area contributed by atoms with Gasteiger partial charge in [0.2, 0.25) is 0 Å². The average Bonchev–Trinajstić information content (AvgIpc) is 3.09. The van der Waals surface area contributed by atoms with Gasteiger partial charge in [-0.25, -0.2) is 0 Å². The quantitative estimate of drug-likeness (QED) is 0.391. The smallest absolute Gasteiger partial charge is 0.416 e. The number of halogens is 4. The van der Waals surface area contributed by atoms with Crippen molar-refractivity contribution in [3.63, 3.8) is 0 Å². The van der Waals surface area contributed by atoms with Crippen LogP contribution in [0, 0.1) is 0 Å². The van der Waals surface area contributed by atoms with Crippen molar-refractivity contribution >= 4 is 29.0 Å². The maximum Gasteiger partial charge on any atom is 0.416 e. The van der Waals surface area contributed by atoms with E-state index in [9.17, 15) is 18.0 Å². The van der Waals surface area contributed by atoms with Gasteiger partial charge in [0.05, 0.1) is 18.2 Å². The SMILES string of the molecule is CCCOC=O.CN1CCc2c([nH]c3ccc(Cl)cc23)C1c1ccc(C(F)(F)F)cc1. The summed E-state index contributed by atoms with van der Waals surface area (Å²) in [5.41, 5.74) is 3.44. The number of likely N-dealkylation sites (N-methyl/N-ethyl adjacent to an activating group) is 1. The van der Waals surface area contributed by atoms with E-state index in [0.717, 1.165) is 53.7 Å². The number of ether oxygens (including phenoxy) is 1. The Kier molecular flexibility index (Phi) is 7.28. The topological polar surface area (TPSA) is 45.3 Å². The fraction of sp³-hybridized carbons (Fsp3) is 0.348. The van der Waals surface area contributed by atoms with Crippen LogP contribution in [0.3, 0.4) is 0 Å². The maximum atomic E-state index is 12.8. The summed E-state index contributed by atoms with van der Waals surface area (Å²) in [6.45, 7) is 3.79. The third-order valence-corrected chi connectivity index (χ3v) is 5.51. The summed E-state index contributed by atoms with van der Waals surface area (Å²) < 4.78 is 42.8. The summed E-state index contributed by atoms with van der Waals surface area (Å²) in [5.74, 6) is 0. The van der Waals surface area contributed by atoms with Crippen molar-refractivity contribution in [1.82, 2.24) is 9.88 Å². The predicted octanol–water partition coefficient (Wildman–Crippen LogP) is 5.99. The summed E-state index contributed by atoms with van der Waals surface area (Å²) in [6.07, 6.45) is -2.54. The summed E-state index contributed by atoms with van der Waals surface area (Å²) in [6, 6.07) is 11.1. The van der Waals surface area contributed by atoms with Crippen molar-refractivity contribution in [3.8, 4) is 0 Å². The zero-order valence-corrected chi connectivity index (χ0v) is 18.1. The highest BCUT2D eigenvalue weighted by atomic mass is 35.5. The zero-order chi connectivity index (χ0) is 22.6. The van der Waals surface area contributed by atoms with Crippen LogP contribution in [0.1, 0.15) is 41.8 Å². The van der Waals surface area contributed by atoms with Gasteiger partial charge >= 0.3 is 6.18 Å². The standard InChI is InChI=1S/C19H16ClF3N2.C4H8O2/c1-25-9-8-14-15-10-13(20)6-7-16(15)24-17(14)18(25)11-2-4-12(5-3-11)19(21,22)23;1-2-3-6-4-5/h2-7,10,18,24H,8-9H2,1H3;4H,2-3H2,1H3. The molecule has 8 heteroatoms. The van der Waals surface area contributed by atoms with Gasteiger partial charge in [0, 0.05) is 28.2 Å². The number of alkyl halides is 3. The lowest BCUT2D eigenvalue weighted by atomic mass is 9.92. The van der Waals surface area contributed by atoms with Crippen LogP contribution in [-0.2, 0) is 22.1 Å². The maximum absolute atomic E-state index is 12.8. The molecule has 2 heterocycles. The van der Waals surface area contributed by atoms with Crippen LogP contribution >= 0.6 is 11.6 Å². The first-order valence-corrected chi connectivity index (χ1v) is 10.4. The molecule has 0 amide bonds. The van der Waals surface area contributed by atoms with Gasteiger partial charge in [-0.3, -0.25) is 9.69 Å². The Morgan fingerprint density at radius 3 is 2.52 bits per heavy atom. The van der Waals surface area contributed by atoms with Gasteiger partial charge < -0.3 is 9.72 Å². The molecule has 0 aliphatic carbocycles. The first-order valence-electron chi connectivity index (χ1n) is 9.99. The molecule has 1 aliphatic rings. The van der Waals surface area contributed by atoms with E-state index in [4.69, 9.17) is 11.6 Å². The molecule has 0 saturated carbocycles. The van der Waals surface area contributed by atoms with Crippen LogP contribution in [0.15, 0.2) is 42.5 Å². The van der Waals surface area contributed by atoms with E-state index in [0.29, 0.717) is 18.1 Å². The number of aromatic amines is 1. The highest BCUT2D eigenvalue weighted by Crippen LogP contribution is 2.39. The van der Waals surface area contributed by atoms with Crippen LogP contribution < -0.4 is 0 Å². The second-order valence-corrected chi connectivity index (χ2v) is 7.86. The van der Waals surface area contributed by atoms with Gasteiger partial charge in [0.25, 0.3) is 6.47 Å². The molecule has 0 fully saturated rings. The molecule has 4 rings (SSSR count). The molecule has 4 nitrogen and oxygen atoms in total. The van der Waals surface area contributed by atoms with Crippen molar-refractivity contribution in [2.24, 2.45) is 0 Å².